The van der Waals surface area contributed by atoms with Crippen LogP contribution in [0, 0.1) is 0 Å². The SMILES string of the molecule is CCC=CCC=CCC=CCC=CCC=CCC=CCCC(=O)OCC(COP(=O)(O)OCCN)OC(=O)CCCCCCCCCCCCC. The minimum Gasteiger partial charge on any atom is -0.462 e. The highest BCUT2D eigenvalue weighted by atomic mass is 31.2. The van der Waals surface area contributed by atoms with Gasteiger partial charge in [0.2, 0.25) is 0 Å². The summed E-state index contributed by atoms with van der Waals surface area (Å²) in [4.78, 5) is 34.7. The zero-order valence-corrected chi connectivity index (χ0v) is 32.7. The molecule has 3 N–H and O–H groups in total. The van der Waals surface area contributed by atoms with E-state index in [-0.39, 0.29) is 32.6 Å². The lowest BCUT2D eigenvalue weighted by atomic mass is 10.1. The number of carbonyl (C=O) groups excluding carboxylic acids is 2. The van der Waals surface area contributed by atoms with Crippen LogP contribution in [0.2, 0.25) is 0 Å². The molecule has 0 rings (SSSR count). The molecule has 0 aliphatic carbocycles. The number of allylic oxidation sites excluding steroid dienone is 12. The number of rotatable bonds is 35. The second kappa shape index (κ2) is 37.2. The van der Waals surface area contributed by atoms with Gasteiger partial charge in [-0.3, -0.25) is 18.6 Å². The predicted molar refractivity (Wildman–Crippen MR) is 210 cm³/mol. The van der Waals surface area contributed by atoms with Crippen molar-refractivity contribution >= 4 is 19.8 Å². The Hall–Kier alpha value is -2.55. The summed E-state index contributed by atoms with van der Waals surface area (Å²) in [5.74, 6) is -0.934. The second-order valence-corrected chi connectivity index (χ2v) is 13.9. The third-order valence-electron chi connectivity index (χ3n) is 7.62. The second-order valence-electron chi connectivity index (χ2n) is 12.4. The van der Waals surface area contributed by atoms with E-state index in [0.717, 1.165) is 57.8 Å². The Kier molecular flexibility index (Phi) is 35.4. The van der Waals surface area contributed by atoms with E-state index < -0.39 is 32.5 Å². The van der Waals surface area contributed by atoms with Gasteiger partial charge >= 0.3 is 19.8 Å². The van der Waals surface area contributed by atoms with Crippen LogP contribution in [0.25, 0.3) is 0 Å². The van der Waals surface area contributed by atoms with Crippen molar-refractivity contribution in [1.82, 2.24) is 0 Å². The molecule has 9 nitrogen and oxygen atoms in total. The van der Waals surface area contributed by atoms with Crippen LogP contribution in [0.1, 0.15) is 142 Å². The predicted octanol–water partition coefficient (Wildman–Crippen LogP) is 10.7. The molecule has 2 unspecified atom stereocenters. The van der Waals surface area contributed by atoms with Crippen molar-refractivity contribution in [2.24, 2.45) is 5.73 Å². The number of ether oxygens (including phenoxy) is 2. The Balaban J connectivity index is 4.34. The minimum absolute atomic E-state index is 0.0413. The quantitative estimate of drug-likeness (QED) is 0.0282. The first-order valence-electron chi connectivity index (χ1n) is 19.4. The third-order valence-corrected chi connectivity index (χ3v) is 8.60. The lowest BCUT2D eigenvalue weighted by Crippen LogP contribution is -2.29. The van der Waals surface area contributed by atoms with E-state index in [0.29, 0.717) is 12.8 Å². The monoisotopic (exact) mass is 735 g/mol. The van der Waals surface area contributed by atoms with Crippen molar-refractivity contribution in [1.29, 1.82) is 0 Å². The van der Waals surface area contributed by atoms with Gasteiger partial charge in [0.05, 0.1) is 13.2 Å². The third kappa shape index (κ3) is 37.0. The Labute approximate surface area is 310 Å². The molecule has 0 saturated heterocycles. The maximum Gasteiger partial charge on any atom is 0.472 e. The van der Waals surface area contributed by atoms with Gasteiger partial charge in [-0.1, -0.05) is 151 Å². The first-order valence-corrected chi connectivity index (χ1v) is 20.9. The van der Waals surface area contributed by atoms with Gasteiger partial charge < -0.3 is 20.1 Å². The summed E-state index contributed by atoms with van der Waals surface area (Å²) >= 11 is 0. The molecule has 10 heteroatoms. The lowest BCUT2D eigenvalue weighted by molar-refractivity contribution is -0.161. The summed E-state index contributed by atoms with van der Waals surface area (Å²) in [7, 11) is -4.39. The van der Waals surface area contributed by atoms with Gasteiger partial charge in [0.25, 0.3) is 0 Å². The van der Waals surface area contributed by atoms with Gasteiger partial charge in [0.15, 0.2) is 6.10 Å². The van der Waals surface area contributed by atoms with E-state index in [1.807, 2.05) is 12.2 Å². The first kappa shape index (κ1) is 48.5. The molecule has 0 aliphatic heterocycles. The molecule has 0 saturated carbocycles. The molecule has 0 radical (unpaired) electrons. The van der Waals surface area contributed by atoms with Crippen molar-refractivity contribution in [2.45, 2.75) is 148 Å². The number of phosphoric acid groups is 1. The van der Waals surface area contributed by atoms with Crippen molar-refractivity contribution in [3.8, 4) is 0 Å². The van der Waals surface area contributed by atoms with E-state index in [1.54, 1.807) is 0 Å². The van der Waals surface area contributed by atoms with E-state index >= 15 is 0 Å². The van der Waals surface area contributed by atoms with Crippen molar-refractivity contribution in [3.05, 3.63) is 72.9 Å². The first-order chi connectivity index (χ1) is 24.8. The van der Waals surface area contributed by atoms with Crippen LogP contribution in [0.15, 0.2) is 72.9 Å². The van der Waals surface area contributed by atoms with Gasteiger partial charge in [-0.2, -0.15) is 0 Å². The van der Waals surface area contributed by atoms with Crippen molar-refractivity contribution in [3.63, 3.8) is 0 Å². The molecule has 0 aromatic rings. The van der Waals surface area contributed by atoms with Crippen LogP contribution >= 0.6 is 7.82 Å². The van der Waals surface area contributed by atoms with E-state index in [9.17, 15) is 19.0 Å². The molecule has 0 bridgehead atoms. The highest BCUT2D eigenvalue weighted by Gasteiger charge is 2.25. The molecule has 51 heavy (non-hydrogen) atoms. The summed E-state index contributed by atoms with van der Waals surface area (Å²) in [6.45, 7) is 3.49. The minimum atomic E-state index is -4.39. The van der Waals surface area contributed by atoms with Crippen LogP contribution in [0.4, 0.5) is 0 Å². The summed E-state index contributed by atoms with van der Waals surface area (Å²) < 4.78 is 32.5. The Morgan fingerprint density at radius 1 is 0.608 bits per heavy atom. The fraction of sp³-hybridized carbons (Fsp3) is 0.659. The molecule has 0 aromatic heterocycles. The standard InChI is InChI=1S/C41H70NO8P/c1-3-5-7-9-11-13-15-16-17-18-19-20-21-22-24-25-27-29-31-33-40(43)47-37-39(38-49-51(45,46)48-36-35-42)50-41(44)34-32-30-28-26-23-14-12-10-8-6-4-2/h5,7,11,13,16-17,19-20,22,24,27,29,39H,3-4,6,8-10,12,14-15,18,21,23,25-26,28,30-38,42H2,1-2H3,(H,45,46). The van der Waals surface area contributed by atoms with E-state index in [1.165, 1.54) is 44.9 Å². The number of carbonyl (C=O) groups is 2. The Morgan fingerprint density at radius 3 is 1.57 bits per heavy atom. The van der Waals surface area contributed by atoms with Gasteiger partial charge in [-0.05, 0) is 51.4 Å². The molecular formula is C41H70NO8P. The van der Waals surface area contributed by atoms with Gasteiger partial charge in [-0.15, -0.1) is 0 Å². The summed E-state index contributed by atoms with van der Waals surface area (Å²) in [5, 5.41) is 0. The zero-order valence-electron chi connectivity index (χ0n) is 31.8. The number of nitrogens with two attached hydrogens (primary N) is 1. The van der Waals surface area contributed by atoms with Crippen molar-refractivity contribution in [2.75, 3.05) is 26.4 Å². The van der Waals surface area contributed by atoms with E-state index in [2.05, 4.69) is 74.6 Å². The molecule has 292 valence electrons. The maximum atomic E-state index is 12.5. The largest absolute Gasteiger partial charge is 0.472 e. The molecule has 0 amide bonds. The smallest absolute Gasteiger partial charge is 0.462 e. The molecule has 0 aromatic carbocycles. The molecular weight excluding hydrogens is 665 g/mol. The molecule has 2 atom stereocenters. The number of esters is 2. The molecule has 0 heterocycles. The average molecular weight is 736 g/mol. The maximum absolute atomic E-state index is 12.5. The average Bonchev–Trinajstić information content (AvgIpc) is 3.11. The fourth-order valence-electron chi connectivity index (χ4n) is 4.78. The molecule has 0 aliphatic rings. The van der Waals surface area contributed by atoms with Crippen LogP contribution in [-0.4, -0.2) is 49.3 Å². The summed E-state index contributed by atoms with van der Waals surface area (Å²) in [6, 6.07) is 0. The lowest BCUT2D eigenvalue weighted by Gasteiger charge is -2.19. The Morgan fingerprint density at radius 2 is 1.08 bits per heavy atom. The van der Waals surface area contributed by atoms with E-state index in [4.69, 9.17) is 24.3 Å². The number of unbranched alkanes of at least 4 members (excludes halogenated alkanes) is 10. The fourth-order valence-corrected chi connectivity index (χ4v) is 5.54. The number of hydrogen-bond donors (Lipinski definition) is 2. The molecule has 0 spiro atoms. The molecule has 0 fully saturated rings. The summed E-state index contributed by atoms with van der Waals surface area (Å²) in [5.41, 5.74) is 5.32. The van der Waals surface area contributed by atoms with Crippen LogP contribution in [0.5, 0.6) is 0 Å². The summed E-state index contributed by atoms with van der Waals surface area (Å²) in [6.07, 6.45) is 43.8. The van der Waals surface area contributed by atoms with Gasteiger partial charge in [0.1, 0.15) is 6.61 Å². The topological polar surface area (TPSA) is 134 Å². The van der Waals surface area contributed by atoms with Crippen LogP contribution in [0.3, 0.4) is 0 Å². The zero-order chi connectivity index (χ0) is 37.5. The normalized spacial score (nSPS) is 14.2. The van der Waals surface area contributed by atoms with Crippen molar-refractivity contribution < 1.29 is 37.6 Å². The van der Waals surface area contributed by atoms with Gasteiger partial charge in [-0.25, -0.2) is 4.57 Å². The number of phosphoric ester groups is 1. The van der Waals surface area contributed by atoms with Crippen LogP contribution in [-0.2, 0) is 32.7 Å². The number of hydrogen-bond acceptors (Lipinski definition) is 8. The highest BCUT2D eigenvalue weighted by molar-refractivity contribution is 7.47. The highest BCUT2D eigenvalue weighted by Crippen LogP contribution is 2.43. The van der Waals surface area contributed by atoms with Gasteiger partial charge in [0, 0.05) is 19.4 Å². The van der Waals surface area contributed by atoms with Crippen LogP contribution < -0.4 is 5.73 Å². The Bertz CT molecular complexity index is 1070.